The van der Waals surface area contributed by atoms with E-state index < -0.39 is 41.8 Å². The molecule has 2 saturated heterocycles. The van der Waals surface area contributed by atoms with Crippen LogP contribution < -0.4 is 15.6 Å². The normalized spacial score (nSPS) is 20.2. The van der Waals surface area contributed by atoms with Crippen LogP contribution in [0.1, 0.15) is 30.4 Å². The lowest BCUT2D eigenvalue weighted by Crippen LogP contribution is -2.52. The number of hydrogen-bond acceptors (Lipinski definition) is 8. The van der Waals surface area contributed by atoms with Crippen molar-refractivity contribution in [3.8, 4) is 11.6 Å². The molecule has 224 valence electrons. The molecule has 4 heterocycles. The molecule has 0 aliphatic carbocycles. The molecule has 2 atom stereocenters. The third-order valence-corrected chi connectivity index (χ3v) is 7.48. The highest BCUT2D eigenvalue weighted by Gasteiger charge is 2.46. The zero-order valence-electron chi connectivity index (χ0n) is 22.8. The van der Waals surface area contributed by atoms with Gasteiger partial charge < -0.3 is 19.8 Å². The molecule has 0 bridgehead atoms. The van der Waals surface area contributed by atoms with E-state index in [-0.39, 0.29) is 36.1 Å². The number of hydrogen-bond donors (Lipinski definition) is 2. The van der Waals surface area contributed by atoms with E-state index in [1.807, 2.05) is 4.90 Å². The van der Waals surface area contributed by atoms with Gasteiger partial charge in [0.1, 0.15) is 5.82 Å². The number of nitrogens with zero attached hydrogens (tertiary/aromatic N) is 4. The second-order valence-corrected chi connectivity index (χ2v) is 10.3. The molecule has 14 heteroatoms. The summed E-state index contributed by atoms with van der Waals surface area (Å²) in [7, 11) is 0. The maximum atomic E-state index is 15.2. The predicted molar refractivity (Wildman–Crippen MR) is 144 cm³/mol. The molecule has 2 aliphatic heterocycles. The van der Waals surface area contributed by atoms with Crippen LogP contribution in [0.4, 0.5) is 23.4 Å². The lowest BCUT2D eigenvalue weighted by Gasteiger charge is -2.40. The first kappa shape index (κ1) is 29.6. The van der Waals surface area contributed by atoms with E-state index in [9.17, 15) is 18.4 Å². The fourth-order valence-corrected chi connectivity index (χ4v) is 5.00. The smallest absolute Gasteiger partial charge is 0.257 e. The summed E-state index contributed by atoms with van der Waals surface area (Å²) < 4.78 is 67.8. The van der Waals surface area contributed by atoms with E-state index >= 15 is 8.78 Å². The van der Waals surface area contributed by atoms with E-state index in [1.54, 1.807) is 11.8 Å². The Kier molecular flexibility index (Phi) is 8.85. The lowest BCUT2D eigenvalue weighted by molar-refractivity contribution is -0.125. The Hall–Kier alpha value is -3.88. The van der Waals surface area contributed by atoms with Crippen molar-refractivity contribution in [2.75, 3.05) is 44.7 Å². The van der Waals surface area contributed by atoms with E-state index in [0.29, 0.717) is 50.0 Å². The molecule has 2 aromatic heterocycles. The summed E-state index contributed by atoms with van der Waals surface area (Å²) in [5.74, 6) is -6.67. The van der Waals surface area contributed by atoms with Gasteiger partial charge in [-0.3, -0.25) is 19.4 Å². The summed E-state index contributed by atoms with van der Waals surface area (Å²) in [6.07, 6.45) is 3.23. The molecule has 2 N–H and O–H groups in total. The molecule has 0 saturated carbocycles. The highest BCUT2D eigenvalue weighted by molar-refractivity contribution is 5.93. The fourth-order valence-electron chi connectivity index (χ4n) is 5.00. The van der Waals surface area contributed by atoms with Crippen LogP contribution in [0.15, 0.2) is 47.7 Å². The van der Waals surface area contributed by atoms with Crippen molar-refractivity contribution in [2.45, 2.75) is 37.8 Å². The number of nitrogens with one attached hydrogen (secondary N) is 2. The molecular weight excluding hydrogens is 560 g/mol. The van der Waals surface area contributed by atoms with E-state index in [2.05, 4.69) is 20.3 Å². The molecule has 1 aromatic carbocycles. The van der Waals surface area contributed by atoms with E-state index in [1.165, 1.54) is 18.5 Å². The molecule has 0 spiro atoms. The second kappa shape index (κ2) is 12.5. The Labute approximate surface area is 238 Å². The van der Waals surface area contributed by atoms with Crippen LogP contribution in [0.5, 0.6) is 11.6 Å². The molecule has 10 nitrogen and oxygen atoms in total. The van der Waals surface area contributed by atoms with Gasteiger partial charge in [-0.2, -0.15) is 0 Å². The quantitative estimate of drug-likeness (QED) is 0.384. The fraction of sp³-hybridized carbons (Fsp3) is 0.429. The van der Waals surface area contributed by atoms with Crippen LogP contribution in [0.2, 0.25) is 0 Å². The van der Waals surface area contributed by atoms with Gasteiger partial charge >= 0.3 is 0 Å². The Morgan fingerprint density at radius 3 is 2.69 bits per heavy atom. The Balaban J connectivity index is 1.23. The summed E-state index contributed by atoms with van der Waals surface area (Å²) in [5, 5.41) is 2.60. The first-order valence-corrected chi connectivity index (χ1v) is 13.5. The number of likely N-dealkylation sites (tertiary alicyclic amines) is 1. The molecule has 42 heavy (non-hydrogen) atoms. The van der Waals surface area contributed by atoms with Crippen LogP contribution in [0.25, 0.3) is 0 Å². The van der Waals surface area contributed by atoms with Gasteiger partial charge in [0.25, 0.3) is 11.5 Å². The number of amides is 1. The van der Waals surface area contributed by atoms with Crippen molar-refractivity contribution in [3.05, 3.63) is 76.0 Å². The zero-order valence-corrected chi connectivity index (χ0v) is 22.8. The molecule has 0 radical (unpaired) electrons. The topological polar surface area (TPSA) is 113 Å². The SMILES string of the molecule is CC(C(=O)Nc1cnc(Oc2ccc(F)cc2F)cn1)N1CCC(F)(F)C(c2c[nH]c(=O)c(CN3CCOCC3)c2)C1. The van der Waals surface area contributed by atoms with Gasteiger partial charge in [0, 0.05) is 57.0 Å². The lowest BCUT2D eigenvalue weighted by atomic mass is 9.86. The van der Waals surface area contributed by atoms with E-state index in [0.717, 1.165) is 18.3 Å². The van der Waals surface area contributed by atoms with Crippen LogP contribution in [0.3, 0.4) is 0 Å². The number of morpholine rings is 1. The highest BCUT2D eigenvalue weighted by Crippen LogP contribution is 2.40. The molecule has 2 unspecified atom stereocenters. The number of anilines is 1. The predicted octanol–water partition coefficient (Wildman–Crippen LogP) is 3.52. The first-order valence-electron chi connectivity index (χ1n) is 13.5. The summed E-state index contributed by atoms with van der Waals surface area (Å²) in [4.78, 5) is 39.8. The Morgan fingerprint density at radius 2 is 1.98 bits per heavy atom. The van der Waals surface area contributed by atoms with E-state index in [4.69, 9.17) is 9.47 Å². The number of benzene rings is 1. The Morgan fingerprint density at radius 1 is 1.19 bits per heavy atom. The van der Waals surface area contributed by atoms with Gasteiger partial charge in [-0.05, 0) is 30.7 Å². The average molecular weight is 591 g/mol. The standard InChI is InChI=1S/C28H30F4N6O4/c1-17(26(39)36-24-13-34-25(14-33-24)42-23-3-2-20(29)11-22(23)30)38-5-4-28(31,32)21(16-38)18-10-19(27(40)35-12-18)15-37-6-8-41-9-7-37/h2-3,10-14,17,21H,4-9,15-16H2,1H3,(H,35,40)(H,33,36,39). The number of rotatable bonds is 8. The average Bonchev–Trinajstić information content (AvgIpc) is 2.97. The number of aromatic amines is 1. The summed E-state index contributed by atoms with van der Waals surface area (Å²) in [6.45, 7) is 4.22. The Bertz CT molecular complexity index is 1470. The minimum Gasteiger partial charge on any atom is -0.434 e. The maximum absolute atomic E-state index is 15.2. The molecule has 2 fully saturated rings. The number of carbonyl (C=O) groups excluding carboxylic acids is 1. The van der Waals surface area contributed by atoms with Gasteiger partial charge in [0.2, 0.25) is 11.8 Å². The molecule has 3 aromatic rings. The van der Waals surface area contributed by atoms with Crippen molar-refractivity contribution in [2.24, 2.45) is 0 Å². The van der Waals surface area contributed by atoms with Crippen LogP contribution >= 0.6 is 0 Å². The van der Waals surface area contributed by atoms with Gasteiger partial charge in [0.15, 0.2) is 17.4 Å². The van der Waals surface area contributed by atoms with Crippen molar-refractivity contribution >= 4 is 11.7 Å². The molecular formula is C28H30F4N6O4. The van der Waals surface area contributed by atoms with Crippen molar-refractivity contribution in [1.82, 2.24) is 24.8 Å². The molecule has 1 amide bonds. The zero-order chi connectivity index (χ0) is 29.9. The third-order valence-electron chi connectivity index (χ3n) is 7.48. The van der Waals surface area contributed by atoms with Gasteiger partial charge in [-0.15, -0.1) is 0 Å². The first-order chi connectivity index (χ1) is 20.1. The highest BCUT2D eigenvalue weighted by atomic mass is 19.3. The van der Waals surface area contributed by atoms with Crippen molar-refractivity contribution in [1.29, 1.82) is 0 Å². The number of ether oxygens (including phenoxy) is 2. The number of H-pyrrole nitrogens is 1. The molecule has 5 rings (SSSR count). The number of halogens is 4. The molecule has 2 aliphatic rings. The van der Waals surface area contributed by atoms with Gasteiger partial charge in [-0.25, -0.2) is 27.5 Å². The third kappa shape index (κ3) is 6.94. The summed E-state index contributed by atoms with van der Waals surface area (Å²) in [5.41, 5.74) is 0.384. The van der Waals surface area contributed by atoms with Crippen molar-refractivity contribution in [3.63, 3.8) is 0 Å². The number of pyridine rings is 1. The van der Waals surface area contributed by atoms with Gasteiger partial charge in [0.05, 0.1) is 37.6 Å². The monoisotopic (exact) mass is 590 g/mol. The number of carbonyl (C=O) groups is 1. The van der Waals surface area contributed by atoms with Gasteiger partial charge in [-0.1, -0.05) is 0 Å². The number of piperidine rings is 1. The van der Waals surface area contributed by atoms with Crippen LogP contribution in [-0.2, 0) is 16.1 Å². The number of aromatic nitrogens is 3. The summed E-state index contributed by atoms with van der Waals surface area (Å²) >= 11 is 0. The minimum atomic E-state index is -3.04. The summed E-state index contributed by atoms with van der Waals surface area (Å²) in [6, 6.07) is 3.56. The second-order valence-electron chi connectivity index (χ2n) is 10.3. The maximum Gasteiger partial charge on any atom is 0.257 e. The van der Waals surface area contributed by atoms with Crippen LogP contribution in [-0.4, -0.2) is 82.0 Å². The number of alkyl halides is 2. The van der Waals surface area contributed by atoms with Crippen molar-refractivity contribution < 1.29 is 31.8 Å². The largest absolute Gasteiger partial charge is 0.434 e. The minimum absolute atomic E-state index is 0.0102. The van der Waals surface area contributed by atoms with Crippen LogP contribution in [0, 0.1) is 11.6 Å².